The van der Waals surface area contributed by atoms with E-state index in [4.69, 9.17) is 0 Å². The number of aromatic nitrogens is 3. The first kappa shape index (κ1) is 13.9. The van der Waals surface area contributed by atoms with E-state index in [1.54, 1.807) is 12.4 Å². The fourth-order valence-corrected chi connectivity index (χ4v) is 2.92. The predicted octanol–water partition coefficient (Wildman–Crippen LogP) is 2.32. The molecule has 1 amide bonds. The van der Waals surface area contributed by atoms with Crippen molar-refractivity contribution in [1.82, 2.24) is 20.5 Å². The third-order valence-electron chi connectivity index (χ3n) is 4.18. The molecule has 6 nitrogen and oxygen atoms in total. The molecule has 4 rings (SSSR count). The van der Waals surface area contributed by atoms with E-state index in [0.29, 0.717) is 5.82 Å². The summed E-state index contributed by atoms with van der Waals surface area (Å²) in [6.07, 6.45) is 7.35. The SMILES string of the molecule is O=C(Nc1cc2cc(-c3cn[nH]c3)ccc2cn1)C1CCCN1. The van der Waals surface area contributed by atoms with Gasteiger partial charge >= 0.3 is 0 Å². The number of hydrogen-bond acceptors (Lipinski definition) is 4. The Morgan fingerprint density at radius 3 is 2.91 bits per heavy atom. The topological polar surface area (TPSA) is 82.7 Å². The second-order valence-corrected chi connectivity index (χ2v) is 5.76. The largest absolute Gasteiger partial charge is 0.309 e. The molecule has 23 heavy (non-hydrogen) atoms. The molecule has 2 aromatic heterocycles. The first-order chi connectivity index (χ1) is 11.3. The van der Waals surface area contributed by atoms with E-state index in [0.717, 1.165) is 41.3 Å². The van der Waals surface area contributed by atoms with Crippen LogP contribution >= 0.6 is 0 Å². The molecule has 1 unspecified atom stereocenters. The number of rotatable bonds is 3. The quantitative estimate of drug-likeness (QED) is 0.693. The smallest absolute Gasteiger partial charge is 0.242 e. The first-order valence-electron chi connectivity index (χ1n) is 7.73. The Balaban J connectivity index is 1.62. The molecule has 1 aliphatic heterocycles. The van der Waals surface area contributed by atoms with Gasteiger partial charge < -0.3 is 10.6 Å². The summed E-state index contributed by atoms with van der Waals surface area (Å²) in [5.74, 6) is 0.570. The highest BCUT2D eigenvalue weighted by Crippen LogP contribution is 2.24. The lowest BCUT2D eigenvalue weighted by molar-refractivity contribution is -0.117. The van der Waals surface area contributed by atoms with E-state index in [-0.39, 0.29) is 11.9 Å². The van der Waals surface area contributed by atoms with Crippen molar-refractivity contribution >= 4 is 22.5 Å². The summed E-state index contributed by atoms with van der Waals surface area (Å²) in [5.41, 5.74) is 2.11. The van der Waals surface area contributed by atoms with Crippen LogP contribution in [-0.2, 0) is 4.79 Å². The van der Waals surface area contributed by atoms with Crippen molar-refractivity contribution in [1.29, 1.82) is 0 Å². The van der Waals surface area contributed by atoms with Gasteiger partial charge in [-0.1, -0.05) is 12.1 Å². The second kappa shape index (κ2) is 5.81. The molecule has 0 radical (unpaired) electrons. The number of H-pyrrole nitrogens is 1. The Kier molecular flexibility index (Phi) is 3.51. The summed E-state index contributed by atoms with van der Waals surface area (Å²) in [6.45, 7) is 0.900. The Morgan fingerprint density at radius 2 is 2.13 bits per heavy atom. The summed E-state index contributed by atoms with van der Waals surface area (Å²) in [6, 6.07) is 7.94. The van der Waals surface area contributed by atoms with Crippen LogP contribution in [-0.4, -0.2) is 33.7 Å². The molecular weight excluding hydrogens is 290 g/mol. The van der Waals surface area contributed by atoms with Crippen molar-refractivity contribution in [3.63, 3.8) is 0 Å². The molecule has 0 saturated carbocycles. The number of anilines is 1. The van der Waals surface area contributed by atoms with Gasteiger partial charge in [0.15, 0.2) is 0 Å². The zero-order valence-corrected chi connectivity index (χ0v) is 12.5. The normalized spacial score (nSPS) is 17.5. The predicted molar refractivity (Wildman–Crippen MR) is 89.0 cm³/mol. The number of benzene rings is 1. The van der Waals surface area contributed by atoms with E-state index >= 15 is 0 Å². The molecule has 3 aromatic rings. The van der Waals surface area contributed by atoms with Gasteiger partial charge in [0, 0.05) is 23.3 Å². The highest BCUT2D eigenvalue weighted by molar-refractivity contribution is 5.96. The third kappa shape index (κ3) is 2.80. The Morgan fingerprint density at radius 1 is 1.17 bits per heavy atom. The Hall–Kier alpha value is -2.73. The van der Waals surface area contributed by atoms with Gasteiger partial charge in [-0.05, 0) is 42.5 Å². The van der Waals surface area contributed by atoms with Gasteiger partial charge in [0.05, 0.1) is 12.2 Å². The van der Waals surface area contributed by atoms with Gasteiger partial charge in [0.2, 0.25) is 5.91 Å². The monoisotopic (exact) mass is 307 g/mol. The molecule has 1 saturated heterocycles. The minimum atomic E-state index is -0.107. The van der Waals surface area contributed by atoms with Crippen molar-refractivity contribution in [3.8, 4) is 11.1 Å². The van der Waals surface area contributed by atoms with Crippen molar-refractivity contribution in [3.05, 3.63) is 42.9 Å². The van der Waals surface area contributed by atoms with Crippen LogP contribution in [0.25, 0.3) is 21.9 Å². The Bertz CT molecular complexity index is 837. The second-order valence-electron chi connectivity index (χ2n) is 5.76. The molecule has 6 heteroatoms. The summed E-state index contributed by atoms with van der Waals surface area (Å²) >= 11 is 0. The molecular formula is C17H17N5O. The number of hydrogen-bond donors (Lipinski definition) is 3. The number of nitrogens with zero attached hydrogens (tertiary/aromatic N) is 2. The van der Waals surface area contributed by atoms with Gasteiger partial charge in [0.1, 0.15) is 5.82 Å². The van der Waals surface area contributed by atoms with Crippen LogP contribution in [0.15, 0.2) is 42.9 Å². The zero-order valence-electron chi connectivity index (χ0n) is 12.5. The highest BCUT2D eigenvalue weighted by atomic mass is 16.2. The number of aromatic amines is 1. The zero-order chi connectivity index (χ0) is 15.6. The lowest BCUT2D eigenvalue weighted by Crippen LogP contribution is -2.35. The fraction of sp³-hybridized carbons (Fsp3) is 0.235. The van der Waals surface area contributed by atoms with Crippen LogP contribution in [0.1, 0.15) is 12.8 Å². The van der Waals surface area contributed by atoms with Crippen molar-refractivity contribution in [2.24, 2.45) is 0 Å². The minimum Gasteiger partial charge on any atom is -0.309 e. The lowest BCUT2D eigenvalue weighted by Gasteiger charge is -2.11. The van der Waals surface area contributed by atoms with E-state index in [2.05, 4.69) is 31.9 Å². The molecule has 3 heterocycles. The van der Waals surface area contributed by atoms with Crippen LogP contribution < -0.4 is 10.6 Å². The van der Waals surface area contributed by atoms with Crippen LogP contribution in [0.2, 0.25) is 0 Å². The number of fused-ring (bicyclic) bond motifs is 1. The number of nitrogens with one attached hydrogen (secondary N) is 3. The molecule has 0 aliphatic carbocycles. The van der Waals surface area contributed by atoms with E-state index in [1.165, 1.54) is 0 Å². The van der Waals surface area contributed by atoms with E-state index in [1.807, 2.05) is 24.4 Å². The fourth-order valence-electron chi connectivity index (χ4n) is 2.92. The van der Waals surface area contributed by atoms with E-state index in [9.17, 15) is 4.79 Å². The standard InChI is InChI=1S/C17H17N5O/c23-17(15-2-1-5-18-15)22-16-7-13-6-11(14-9-20-21-10-14)3-4-12(13)8-19-16/h3-4,6-10,15,18H,1-2,5H2,(H,20,21)(H,19,22,23). The van der Waals surface area contributed by atoms with Gasteiger partial charge in [0.25, 0.3) is 0 Å². The van der Waals surface area contributed by atoms with Gasteiger partial charge in [-0.25, -0.2) is 4.98 Å². The van der Waals surface area contributed by atoms with Crippen molar-refractivity contribution < 1.29 is 4.79 Å². The summed E-state index contributed by atoms with van der Waals surface area (Å²) in [5, 5.41) is 15.0. The Labute approximate surface area is 133 Å². The summed E-state index contributed by atoms with van der Waals surface area (Å²) < 4.78 is 0. The van der Waals surface area contributed by atoms with Gasteiger partial charge in [-0.2, -0.15) is 5.10 Å². The van der Waals surface area contributed by atoms with Crippen LogP contribution in [0.5, 0.6) is 0 Å². The molecule has 1 aromatic carbocycles. The molecule has 0 spiro atoms. The van der Waals surface area contributed by atoms with Crippen LogP contribution in [0.4, 0.5) is 5.82 Å². The molecule has 116 valence electrons. The molecule has 1 atom stereocenters. The number of carbonyl (C=O) groups is 1. The van der Waals surface area contributed by atoms with Crippen LogP contribution in [0, 0.1) is 0 Å². The molecule has 3 N–H and O–H groups in total. The highest BCUT2D eigenvalue weighted by Gasteiger charge is 2.22. The molecule has 1 fully saturated rings. The minimum absolute atomic E-state index is 0.0136. The average molecular weight is 307 g/mol. The number of amides is 1. The average Bonchev–Trinajstić information content (AvgIpc) is 3.27. The maximum Gasteiger partial charge on any atom is 0.242 e. The first-order valence-corrected chi connectivity index (χ1v) is 7.73. The van der Waals surface area contributed by atoms with Gasteiger partial charge in [-0.3, -0.25) is 9.89 Å². The van der Waals surface area contributed by atoms with E-state index < -0.39 is 0 Å². The maximum absolute atomic E-state index is 12.2. The lowest BCUT2D eigenvalue weighted by atomic mass is 10.1. The molecule has 1 aliphatic rings. The maximum atomic E-state index is 12.2. The summed E-state index contributed by atoms with van der Waals surface area (Å²) in [7, 11) is 0. The van der Waals surface area contributed by atoms with Gasteiger partial charge in [-0.15, -0.1) is 0 Å². The molecule has 0 bridgehead atoms. The van der Waals surface area contributed by atoms with Crippen molar-refractivity contribution in [2.45, 2.75) is 18.9 Å². The van der Waals surface area contributed by atoms with Crippen molar-refractivity contribution in [2.75, 3.05) is 11.9 Å². The summed E-state index contributed by atoms with van der Waals surface area (Å²) in [4.78, 5) is 16.5. The number of pyridine rings is 1. The third-order valence-corrected chi connectivity index (χ3v) is 4.18. The van der Waals surface area contributed by atoms with Crippen LogP contribution in [0.3, 0.4) is 0 Å². The number of carbonyl (C=O) groups excluding carboxylic acids is 1.